The summed E-state index contributed by atoms with van der Waals surface area (Å²) >= 11 is 0. The molecule has 0 bridgehead atoms. The lowest BCUT2D eigenvalue weighted by Crippen LogP contribution is -2.63. The molecule has 13 heteroatoms. The van der Waals surface area contributed by atoms with Crippen molar-refractivity contribution in [2.24, 2.45) is 17.6 Å². The van der Waals surface area contributed by atoms with Crippen molar-refractivity contribution in [1.82, 2.24) is 20.3 Å². The number of carbonyl (C=O) groups excluding carboxylic acids is 2. The molecular weight excluding hydrogens is 599 g/mol. The summed E-state index contributed by atoms with van der Waals surface area (Å²) in [6.07, 6.45) is 7.05. The number of nitrogens with two attached hydrogens (primary N) is 1. The number of aromatic nitrogens is 1. The molecule has 1 unspecified atom stereocenters. The Morgan fingerprint density at radius 3 is 2.33 bits per heavy atom. The van der Waals surface area contributed by atoms with Gasteiger partial charge in [0.2, 0.25) is 21.8 Å². The van der Waals surface area contributed by atoms with E-state index < -0.39 is 27.5 Å². The van der Waals surface area contributed by atoms with Crippen LogP contribution in [0.15, 0.2) is 42.6 Å². The highest BCUT2D eigenvalue weighted by Gasteiger charge is 2.47. The monoisotopic (exact) mass is 640 g/mol. The Balaban J connectivity index is 0.00000308. The largest absolute Gasteiger partial charge is 0.384 e. The van der Waals surface area contributed by atoms with E-state index in [0.717, 1.165) is 48.9 Å². The Morgan fingerprint density at radius 1 is 1.07 bits per heavy atom. The average Bonchev–Trinajstić information content (AvgIpc) is 3.30. The van der Waals surface area contributed by atoms with Gasteiger partial charge in [-0.2, -0.15) is 0 Å². The third-order valence-electron chi connectivity index (χ3n) is 7.90. The molecule has 0 spiro atoms. The number of fused-ring (bicyclic) bond motifs is 1. The topological polar surface area (TPSA) is 167 Å². The SMILES string of the molecule is CC(C)[C@@H](NS(=O)(=O)CC1CCCCC1)C(=O)NC1(C(=O)NCc2ccc(C(=N)N)cc2)Cc2cccnc2C1.Cl.Cl. The van der Waals surface area contributed by atoms with Crippen LogP contribution in [0, 0.1) is 17.2 Å². The Kier molecular flexibility index (Phi) is 12.8. The zero-order valence-corrected chi connectivity index (χ0v) is 26.5. The maximum Gasteiger partial charge on any atom is 0.246 e. The van der Waals surface area contributed by atoms with Gasteiger partial charge in [-0.3, -0.25) is 20.0 Å². The van der Waals surface area contributed by atoms with Crippen molar-refractivity contribution in [1.29, 1.82) is 5.41 Å². The molecule has 42 heavy (non-hydrogen) atoms. The molecule has 0 saturated heterocycles. The molecule has 2 aliphatic rings. The highest BCUT2D eigenvalue weighted by molar-refractivity contribution is 7.89. The van der Waals surface area contributed by atoms with E-state index in [9.17, 15) is 18.0 Å². The molecule has 10 nitrogen and oxygen atoms in total. The van der Waals surface area contributed by atoms with Gasteiger partial charge in [-0.1, -0.05) is 63.4 Å². The molecule has 4 rings (SSSR count). The molecule has 2 amide bonds. The van der Waals surface area contributed by atoms with Gasteiger partial charge < -0.3 is 16.4 Å². The molecule has 0 radical (unpaired) electrons. The first-order chi connectivity index (χ1) is 19.0. The highest BCUT2D eigenvalue weighted by atomic mass is 35.5. The third kappa shape index (κ3) is 8.89. The zero-order chi connectivity index (χ0) is 28.9. The number of benzene rings is 1. The van der Waals surface area contributed by atoms with Crippen LogP contribution in [0.5, 0.6) is 0 Å². The molecule has 0 aliphatic heterocycles. The summed E-state index contributed by atoms with van der Waals surface area (Å²) in [4.78, 5) is 31.8. The van der Waals surface area contributed by atoms with Gasteiger partial charge >= 0.3 is 0 Å². The normalized spacial score (nSPS) is 19.1. The minimum atomic E-state index is -3.70. The minimum absolute atomic E-state index is 0. The summed E-state index contributed by atoms with van der Waals surface area (Å²) in [5.74, 6) is -1.17. The van der Waals surface area contributed by atoms with Crippen LogP contribution in [0.2, 0.25) is 0 Å². The zero-order valence-electron chi connectivity index (χ0n) is 24.0. The van der Waals surface area contributed by atoms with Crippen molar-refractivity contribution in [3.05, 3.63) is 65.0 Å². The lowest BCUT2D eigenvalue weighted by molar-refractivity contribution is -0.134. The second-order valence-corrected chi connectivity index (χ2v) is 13.3. The van der Waals surface area contributed by atoms with Gasteiger partial charge in [0.15, 0.2) is 0 Å². The minimum Gasteiger partial charge on any atom is -0.384 e. The second kappa shape index (κ2) is 15.1. The number of rotatable bonds is 11. The Labute approximate surface area is 260 Å². The number of pyridine rings is 1. The third-order valence-corrected chi connectivity index (χ3v) is 9.42. The Bertz CT molecular complexity index is 1320. The Morgan fingerprint density at radius 2 is 1.74 bits per heavy atom. The number of hydrogen-bond donors (Lipinski definition) is 5. The number of nitrogens with zero attached hydrogens (tertiary/aromatic N) is 1. The number of amidine groups is 1. The van der Waals surface area contributed by atoms with Crippen molar-refractivity contribution in [2.45, 2.75) is 76.9 Å². The summed E-state index contributed by atoms with van der Waals surface area (Å²) in [5.41, 5.74) is 7.20. The van der Waals surface area contributed by atoms with Gasteiger partial charge in [0.05, 0.1) is 5.75 Å². The summed E-state index contributed by atoms with van der Waals surface area (Å²) < 4.78 is 28.8. The van der Waals surface area contributed by atoms with Crippen molar-refractivity contribution in [2.75, 3.05) is 5.75 Å². The average molecular weight is 642 g/mol. The fraction of sp³-hybridized carbons (Fsp3) is 0.517. The second-order valence-electron chi connectivity index (χ2n) is 11.5. The molecule has 6 N–H and O–H groups in total. The van der Waals surface area contributed by atoms with Gasteiger partial charge in [0.25, 0.3) is 0 Å². The van der Waals surface area contributed by atoms with Crippen molar-refractivity contribution < 1.29 is 18.0 Å². The van der Waals surface area contributed by atoms with Crippen LogP contribution in [0.25, 0.3) is 0 Å². The lowest BCUT2D eigenvalue weighted by Gasteiger charge is -2.32. The van der Waals surface area contributed by atoms with Gasteiger partial charge in [-0.05, 0) is 41.9 Å². The predicted octanol–water partition coefficient (Wildman–Crippen LogP) is 3.00. The molecule has 2 aliphatic carbocycles. The van der Waals surface area contributed by atoms with Crippen LogP contribution >= 0.6 is 24.8 Å². The van der Waals surface area contributed by atoms with Crippen LogP contribution in [0.4, 0.5) is 0 Å². The molecule has 1 fully saturated rings. The van der Waals surface area contributed by atoms with Crippen LogP contribution in [0.1, 0.15) is 68.3 Å². The molecule has 1 heterocycles. The lowest BCUT2D eigenvalue weighted by atomic mass is 9.91. The summed E-state index contributed by atoms with van der Waals surface area (Å²) in [6, 6.07) is 9.64. The molecule has 2 atom stereocenters. The molecule has 1 aromatic carbocycles. The number of nitrogen functional groups attached to an aromatic ring is 1. The van der Waals surface area contributed by atoms with Gasteiger partial charge in [-0.25, -0.2) is 13.1 Å². The van der Waals surface area contributed by atoms with E-state index in [1.165, 1.54) is 0 Å². The quantitative estimate of drug-likeness (QED) is 0.187. The number of nitrogens with one attached hydrogen (secondary N) is 4. The maximum absolute atomic E-state index is 13.7. The fourth-order valence-electron chi connectivity index (χ4n) is 5.64. The highest BCUT2D eigenvalue weighted by Crippen LogP contribution is 2.30. The van der Waals surface area contributed by atoms with Crippen molar-refractivity contribution in [3.63, 3.8) is 0 Å². The maximum atomic E-state index is 13.7. The molecule has 1 saturated carbocycles. The smallest absolute Gasteiger partial charge is 0.246 e. The van der Waals surface area contributed by atoms with E-state index in [0.29, 0.717) is 5.56 Å². The fourth-order valence-corrected chi connectivity index (χ4v) is 7.45. The van der Waals surface area contributed by atoms with Gasteiger partial charge in [-0.15, -0.1) is 24.8 Å². The van der Waals surface area contributed by atoms with Crippen LogP contribution < -0.4 is 21.1 Å². The van der Waals surface area contributed by atoms with E-state index in [2.05, 4.69) is 20.3 Å². The van der Waals surface area contributed by atoms with Crippen molar-refractivity contribution >= 4 is 52.5 Å². The van der Waals surface area contributed by atoms with Crippen LogP contribution in [0.3, 0.4) is 0 Å². The van der Waals surface area contributed by atoms with Gasteiger partial charge in [0.1, 0.15) is 17.4 Å². The molecular formula is C29H42Cl2N6O4S. The first kappa shape index (κ1) is 35.5. The molecule has 232 valence electrons. The molecule has 1 aromatic heterocycles. The van der Waals surface area contributed by atoms with Crippen molar-refractivity contribution in [3.8, 4) is 0 Å². The number of sulfonamides is 1. The summed E-state index contributed by atoms with van der Waals surface area (Å²) in [5, 5.41) is 13.4. The van der Waals surface area contributed by atoms with Gasteiger partial charge in [0, 0.05) is 36.8 Å². The Hall–Kier alpha value is -2.73. The number of halogens is 2. The first-order valence-electron chi connectivity index (χ1n) is 13.9. The van der Waals surface area contributed by atoms with E-state index in [4.69, 9.17) is 11.1 Å². The van der Waals surface area contributed by atoms with E-state index in [-0.39, 0.29) is 73.5 Å². The van der Waals surface area contributed by atoms with Crippen LogP contribution in [-0.2, 0) is 39.0 Å². The summed E-state index contributed by atoms with van der Waals surface area (Å²) in [7, 11) is -3.70. The predicted molar refractivity (Wildman–Crippen MR) is 168 cm³/mol. The number of carbonyl (C=O) groups is 2. The van der Waals surface area contributed by atoms with E-state index >= 15 is 0 Å². The summed E-state index contributed by atoms with van der Waals surface area (Å²) in [6.45, 7) is 3.78. The van der Waals surface area contributed by atoms with E-state index in [1.807, 2.05) is 6.07 Å². The van der Waals surface area contributed by atoms with E-state index in [1.54, 1.807) is 50.4 Å². The number of hydrogen-bond acceptors (Lipinski definition) is 6. The number of amides is 2. The first-order valence-corrected chi connectivity index (χ1v) is 15.6. The van der Waals surface area contributed by atoms with Crippen LogP contribution in [-0.4, -0.2) is 48.4 Å². The standard InChI is InChI=1S/C29H40N6O4S.2ClH/c1-19(2)25(35-40(38,39)18-21-7-4-3-5-8-21)27(36)34-29(15-23-9-6-14-32-24(23)16-29)28(37)33-17-20-10-12-22(13-11-20)26(30)31;;/h6,9-14,19,21,25,35H,3-5,7-8,15-18H2,1-2H3,(H3,30,31)(H,33,37)(H,34,36);2*1H/t25-,29?;;/m1../s1. The molecule has 2 aromatic rings.